The van der Waals surface area contributed by atoms with Gasteiger partial charge in [0, 0.05) is 31.6 Å². The van der Waals surface area contributed by atoms with Gasteiger partial charge >= 0.3 is 0 Å². The van der Waals surface area contributed by atoms with Crippen molar-refractivity contribution in [2.75, 3.05) is 32.7 Å². The number of likely N-dealkylation sites (tertiary alicyclic amines) is 1. The molecule has 1 aliphatic rings. The number of hydrogen-bond acceptors (Lipinski definition) is 4. The highest BCUT2D eigenvalue weighted by atomic mass is 127. The molecule has 1 fully saturated rings. The van der Waals surface area contributed by atoms with Crippen LogP contribution in [0.25, 0.3) is 0 Å². The van der Waals surface area contributed by atoms with Crippen molar-refractivity contribution < 1.29 is 0 Å². The van der Waals surface area contributed by atoms with E-state index in [2.05, 4.69) is 46.3 Å². The smallest absolute Gasteiger partial charge is 0.191 e. The Morgan fingerprint density at radius 2 is 2.21 bits per heavy atom. The van der Waals surface area contributed by atoms with Crippen molar-refractivity contribution in [2.45, 2.75) is 33.2 Å². The summed E-state index contributed by atoms with van der Waals surface area (Å²) in [7, 11) is 0. The van der Waals surface area contributed by atoms with Gasteiger partial charge < -0.3 is 10.6 Å². The molecule has 0 unspecified atom stereocenters. The van der Waals surface area contributed by atoms with Crippen molar-refractivity contribution in [1.82, 2.24) is 20.5 Å². The molecule has 0 amide bonds. The molecule has 0 aliphatic carbocycles. The number of halogens is 1. The molecule has 2 N–H and O–H groups in total. The van der Waals surface area contributed by atoms with E-state index in [1.165, 1.54) is 18.5 Å². The summed E-state index contributed by atoms with van der Waals surface area (Å²) in [6, 6.07) is 0. The lowest BCUT2D eigenvalue weighted by atomic mass is 9.97. The van der Waals surface area contributed by atoms with Crippen molar-refractivity contribution in [3.05, 3.63) is 28.7 Å². The maximum Gasteiger partial charge on any atom is 0.191 e. The third-order valence-corrected chi connectivity index (χ3v) is 4.85. The molecule has 2 heterocycles. The summed E-state index contributed by atoms with van der Waals surface area (Å²) in [5.41, 5.74) is 1.21. The number of rotatable bonds is 7. The minimum absolute atomic E-state index is 0. The lowest BCUT2D eigenvalue weighted by Crippen LogP contribution is -2.38. The van der Waals surface area contributed by atoms with E-state index in [0.717, 1.165) is 50.2 Å². The molecule has 2 rings (SSSR count). The number of hydrogen-bond donors (Lipinski definition) is 2. The molecule has 1 aromatic rings. The first-order chi connectivity index (χ1) is 11.2. The van der Waals surface area contributed by atoms with Gasteiger partial charge in [0.1, 0.15) is 0 Å². The van der Waals surface area contributed by atoms with Gasteiger partial charge in [-0.15, -0.1) is 41.9 Å². The van der Waals surface area contributed by atoms with E-state index in [9.17, 15) is 0 Å². The van der Waals surface area contributed by atoms with Crippen LogP contribution in [0.2, 0.25) is 0 Å². The van der Waals surface area contributed by atoms with Crippen molar-refractivity contribution >= 4 is 41.3 Å². The van der Waals surface area contributed by atoms with Gasteiger partial charge in [0.2, 0.25) is 0 Å². The Morgan fingerprint density at radius 3 is 2.79 bits per heavy atom. The highest BCUT2D eigenvalue weighted by Crippen LogP contribution is 2.20. The van der Waals surface area contributed by atoms with Gasteiger partial charge in [0.05, 0.1) is 10.7 Å². The summed E-state index contributed by atoms with van der Waals surface area (Å²) in [4.78, 5) is 11.8. The molecular formula is C17H30IN5S. The van der Waals surface area contributed by atoms with Crippen LogP contribution in [0.5, 0.6) is 0 Å². The third kappa shape index (κ3) is 7.48. The summed E-state index contributed by atoms with van der Waals surface area (Å²) < 4.78 is 0. The Morgan fingerprint density at radius 1 is 1.46 bits per heavy atom. The van der Waals surface area contributed by atoms with Gasteiger partial charge in [-0.2, -0.15) is 0 Å². The number of guanidine groups is 1. The fourth-order valence-electron chi connectivity index (χ4n) is 2.77. The van der Waals surface area contributed by atoms with E-state index in [4.69, 9.17) is 4.99 Å². The number of aromatic nitrogens is 1. The fraction of sp³-hybridized carbons (Fsp3) is 0.647. The Bertz CT molecular complexity index is 509. The molecule has 0 atom stereocenters. The molecule has 0 aromatic carbocycles. The first-order valence-electron chi connectivity index (χ1n) is 8.47. The lowest BCUT2D eigenvalue weighted by molar-refractivity contribution is 0.179. The van der Waals surface area contributed by atoms with Crippen molar-refractivity contribution in [3.8, 4) is 0 Å². The Hall–Kier alpha value is -0.670. The van der Waals surface area contributed by atoms with Gasteiger partial charge in [-0.3, -0.25) is 9.89 Å². The predicted octanol–water partition coefficient (Wildman–Crippen LogP) is 3.02. The maximum atomic E-state index is 4.70. The molecule has 1 aromatic heterocycles. The van der Waals surface area contributed by atoms with Crippen molar-refractivity contribution in [1.29, 1.82) is 0 Å². The topological polar surface area (TPSA) is 52.6 Å². The number of aliphatic imine (C=N–C) groups is 1. The predicted molar refractivity (Wildman–Crippen MR) is 114 cm³/mol. The van der Waals surface area contributed by atoms with Gasteiger partial charge in [-0.05, 0) is 45.7 Å². The molecule has 0 spiro atoms. The van der Waals surface area contributed by atoms with Crippen LogP contribution in [0.4, 0.5) is 0 Å². The molecule has 7 heteroatoms. The zero-order valence-corrected chi connectivity index (χ0v) is 17.9. The second-order valence-corrected chi connectivity index (χ2v) is 7.03. The summed E-state index contributed by atoms with van der Waals surface area (Å²) in [6.45, 7) is 13.7. The van der Waals surface area contributed by atoms with E-state index in [-0.39, 0.29) is 24.0 Å². The summed E-state index contributed by atoms with van der Waals surface area (Å²) in [5, 5.41) is 9.87. The molecule has 5 nitrogen and oxygen atoms in total. The maximum absolute atomic E-state index is 4.70. The van der Waals surface area contributed by atoms with E-state index >= 15 is 0 Å². The van der Waals surface area contributed by atoms with Crippen LogP contribution in [0.3, 0.4) is 0 Å². The number of nitrogens with zero attached hydrogens (tertiary/aromatic N) is 3. The number of aryl methyl sites for hydroxylation is 1. The quantitative estimate of drug-likeness (QED) is 0.283. The second kappa shape index (κ2) is 11.8. The minimum atomic E-state index is 0. The van der Waals surface area contributed by atoms with Crippen LogP contribution >= 0.6 is 35.3 Å². The molecular weight excluding hydrogens is 433 g/mol. The first kappa shape index (κ1) is 21.4. The first-order valence-corrected chi connectivity index (χ1v) is 9.35. The van der Waals surface area contributed by atoms with Gasteiger partial charge in [0.25, 0.3) is 0 Å². The molecule has 1 saturated heterocycles. The third-order valence-electron chi connectivity index (χ3n) is 4.02. The number of thiazole rings is 1. The highest BCUT2D eigenvalue weighted by molar-refractivity contribution is 14.0. The minimum Gasteiger partial charge on any atom is -0.357 e. The molecule has 0 bridgehead atoms. The second-order valence-electron chi connectivity index (χ2n) is 5.97. The Kier molecular flexibility index (Phi) is 10.5. The van der Waals surface area contributed by atoms with Crippen LogP contribution < -0.4 is 10.6 Å². The van der Waals surface area contributed by atoms with Crippen LogP contribution in [0.1, 0.15) is 30.5 Å². The van der Waals surface area contributed by atoms with Gasteiger partial charge in [0.15, 0.2) is 5.96 Å². The zero-order chi connectivity index (χ0) is 16.5. The standard InChI is InChI=1S/C17H29N5S.HI/c1-4-8-19-17(18-5-2)20-11-15-6-9-22(10-7-15)12-16-13-23-14(3)21-16;/h4,13,15H,1,5-12H2,2-3H3,(H2,18,19,20);1H. The summed E-state index contributed by atoms with van der Waals surface area (Å²) in [5.74, 6) is 1.58. The van der Waals surface area contributed by atoms with Crippen LogP contribution in [-0.2, 0) is 6.54 Å². The average molecular weight is 463 g/mol. The number of nitrogens with one attached hydrogen (secondary N) is 2. The van der Waals surface area contributed by atoms with Crippen LogP contribution in [-0.4, -0.2) is 48.6 Å². The average Bonchev–Trinajstić information content (AvgIpc) is 2.96. The fourth-order valence-corrected chi connectivity index (χ4v) is 3.37. The highest BCUT2D eigenvalue weighted by Gasteiger charge is 2.19. The zero-order valence-electron chi connectivity index (χ0n) is 14.8. The van der Waals surface area contributed by atoms with Crippen molar-refractivity contribution in [3.63, 3.8) is 0 Å². The molecule has 24 heavy (non-hydrogen) atoms. The Balaban J connectivity index is 0.00000288. The van der Waals surface area contributed by atoms with Gasteiger partial charge in [-0.25, -0.2) is 4.98 Å². The molecule has 0 radical (unpaired) electrons. The summed E-state index contributed by atoms with van der Waals surface area (Å²) in [6.07, 6.45) is 4.28. The normalized spacial score (nSPS) is 16.5. The van der Waals surface area contributed by atoms with Crippen LogP contribution in [0.15, 0.2) is 23.0 Å². The largest absolute Gasteiger partial charge is 0.357 e. The van der Waals surface area contributed by atoms with E-state index in [1.54, 1.807) is 11.3 Å². The van der Waals surface area contributed by atoms with Gasteiger partial charge in [-0.1, -0.05) is 6.08 Å². The molecule has 1 aliphatic heterocycles. The lowest BCUT2D eigenvalue weighted by Gasteiger charge is -2.30. The van der Waals surface area contributed by atoms with Crippen molar-refractivity contribution in [2.24, 2.45) is 10.9 Å². The monoisotopic (exact) mass is 463 g/mol. The van der Waals surface area contributed by atoms with Crippen LogP contribution in [0, 0.1) is 12.8 Å². The molecule has 136 valence electrons. The number of piperidine rings is 1. The molecule has 0 saturated carbocycles. The van der Waals surface area contributed by atoms with E-state index < -0.39 is 0 Å². The van der Waals surface area contributed by atoms with E-state index in [1.807, 2.05) is 6.08 Å². The summed E-state index contributed by atoms with van der Waals surface area (Å²) >= 11 is 1.74. The SMILES string of the molecule is C=CCNC(=NCC1CCN(Cc2csc(C)n2)CC1)NCC.I. The van der Waals surface area contributed by atoms with E-state index in [0.29, 0.717) is 5.92 Å². The Labute approximate surface area is 167 Å².